The maximum atomic E-state index is 13.2. The van der Waals surface area contributed by atoms with Crippen LogP contribution >= 0.6 is 0 Å². The number of hydrogen-bond donors (Lipinski definition) is 0. The highest BCUT2D eigenvalue weighted by Gasteiger charge is 2.16. The monoisotopic (exact) mass is 360 g/mol. The highest BCUT2D eigenvalue weighted by molar-refractivity contribution is 5.76. The van der Waals surface area contributed by atoms with E-state index >= 15 is 0 Å². The molecule has 2 heterocycles. The maximum absolute atomic E-state index is 13.2. The zero-order chi connectivity index (χ0) is 19.0. The van der Waals surface area contributed by atoms with Crippen molar-refractivity contribution in [2.45, 2.75) is 20.3 Å². The predicted molar refractivity (Wildman–Crippen MR) is 105 cm³/mol. The number of rotatable bonds is 4. The molecule has 0 amide bonds. The molecule has 4 aromatic rings. The largest absolute Gasteiger partial charge is 0.497 e. The lowest BCUT2D eigenvalue weighted by Crippen LogP contribution is -2.23. The molecule has 0 fully saturated rings. The molecule has 0 N–H and O–H groups in total. The highest BCUT2D eigenvalue weighted by Crippen LogP contribution is 2.19. The Bertz CT molecular complexity index is 1160. The van der Waals surface area contributed by atoms with Crippen molar-refractivity contribution in [3.63, 3.8) is 0 Å². The first-order chi connectivity index (χ1) is 13.1. The van der Waals surface area contributed by atoms with Crippen molar-refractivity contribution in [1.29, 1.82) is 0 Å². The van der Waals surface area contributed by atoms with Crippen LogP contribution < -0.4 is 10.3 Å². The van der Waals surface area contributed by atoms with E-state index in [0.29, 0.717) is 23.3 Å². The number of fused-ring (bicyclic) bond motifs is 1. The summed E-state index contributed by atoms with van der Waals surface area (Å²) in [5.74, 6) is 1.43. The van der Waals surface area contributed by atoms with E-state index in [9.17, 15) is 4.79 Å². The van der Waals surface area contributed by atoms with Crippen molar-refractivity contribution in [2.75, 3.05) is 7.11 Å². The molecule has 2 aromatic carbocycles. The Morgan fingerprint density at radius 3 is 2.30 bits per heavy atom. The molecular formula is C21H20N4O2. The summed E-state index contributed by atoms with van der Waals surface area (Å²) < 4.78 is 8.56. The van der Waals surface area contributed by atoms with Crippen LogP contribution in [0.3, 0.4) is 0 Å². The summed E-state index contributed by atoms with van der Waals surface area (Å²) in [6.45, 7) is 4.02. The Morgan fingerprint density at radius 2 is 1.67 bits per heavy atom. The molecule has 0 spiro atoms. The second-order valence-electron chi connectivity index (χ2n) is 6.35. The Hall–Kier alpha value is -3.41. The van der Waals surface area contributed by atoms with E-state index in [1.165, 1.54) is 5.56 Å². The molecule has 0 saturated heterocycles. The summed E-state index contributed by atoms with van der Waals surface area (Å²) in [6.07, 6.45) is 2.21. The van der Waals surface area contributed by atoms with Crippen LogP contribution in [0, 0.1) is 6.92 Å². The molecule has 0 unspecified atom stereocenters. The first-order valence-corrected chi connectivity index (χ1v) is 8.83. The predicted octanol–water partition coefficient (Wildman–Crippen LogP) is 3.45. The number of methoxy groups -OCH3 is 1. The molecule has 136 valence electrons. The molecule has 6 nitrogen and oxygen atoms in total. The number of nitrogens with zero attached hydrogens (tertiary/aromatic N) is 4. The fourth-order valence-electron chi connectivity index (χ4n) is 3.12. The van der Waals surface area contributed by atoms with Crippen molar-refractivity contribution in [3.8, 4) is 17.1 Å². The van der Waals surface area contributed by atoms with E-state index in [2.05, 4.69) is 5.10 Å². The quantitative estimate of drug-likeness (QED) is 0.559. The molecule has 0 aliphatic heterocycles. The van der Waals surface area contributed by atoms with Crippen LogP contribution in [0.1, 0.15) is 18.3 Å². The summed E-state index contributed by atoms with van der Waals surface area (Å²) in [5, 5.41) is 4.90. The van der Waals surface area contributed by atoms with Gasteiger partial charge in [0.2, 0.25) is 0 Å². The molecule has 6 heteroatoms. The molecular weight excluding hydrogens is 340 g/mol. The third-order valence-corrected chi connectivity index (χ3v) is 4.60. The van der Waals surface area contributed by atoms with Crippen LogP contribution in [0.4, 0.5) is 0 Å². The van der Waals surface area contributed by atoms with Gasteiger partial charge in [0.05, 0.1) is 24.7 Å². The van der Waals surface area contributed by atoms with Crippen molar-refractivity contribution in [3.05, 3.63) is 76.5 Å². The third kappa shape index (κ3) is 2.89. The molecule has 0 saturated carbocycles. The zero-order valence-electron chi connectivity index (χ0n) is 15.5. The first kappa shape index (κ1) is 17.0. The molecule has 4 rings (SSSR count). The molecule has 0 atom stereocenters. The molecule has 2 aromatic heterocycles. The van der Waals surface area contributed by atoms with Gasteiger partial charge >= 0.3 is 0 Å². The van der Waals surface area contributed by atoms with E-state index in [4.69, 9.17) is 9.72 Å². The number of hydrogen-bond acceptors (Lipinski definition) is 4. The second kappa shape index (κ2) is 6.72. The Kier molecular flexibility index (Phi) is 4.24. The molecule has 0 aliphatic rings. The van der Waals surface area contributed by atoms with Crippen molar-refractivity contribution < 1.29 is 4.74 Å². The van der Waals surface area contributed by atoms with Crippen LogP contribution in [0.15, 0.2) is 59.5 Å². The number of aromatic nitrogens is 4. The van der Waals surface area contributed by atoms with Crippen molar-refractivity contribution >= 4 is 11.0 Å². The summed E-state index contributed by atoms with van der Waals surface area (Å²) in [7, 11) is 1.62. The van der Waals surface area contributed by atoms with Gasteiger partial charge < -0.3 is 4.74 Å². The standard InChI is InChI=1S/C21H20N4O2/c1-4-19-23-20-18(13-22-25(20)16-7-5-14(2)6-8-16)21(26)24(19)15-9-11-17(27-3)12-10-15/h5-13H,4H2,1-3H3. The van der Waals surface area contributed by atoms with Gasteiger partial charge in [-0.2, -0.15) is 5.10 Å². The van der Waals surface area contributed by atoms with Gasteiger partial charge in [-0.1, -0.05) is 24.6 Å². The third-order valence-electron chi connectivity index (χ3n) is 4.60. The second-order valence-corrected chi connectivity index (χ2v) is 6.35. The lowest BCUT2D eigenvalue weighted by atomic mass is 10.2. The fourth-order valence-corrected chi connectivity index (χ4v) is 3.12. The van der Waals surface area contributed by atoms with Crippen LogP contribution in [-0.2, 0) is 6.42 Å². The van der Waals surface area contributed by atoms with Crippen LogP contribution in [0.5, 0.6) is 5.75 Å². The van der Waals surface area contributed by atoms with Gasteiger partial charge in [-0.15, -0.1) is 0 Å². The Balaban J connectivity index is 1.93. The molecule has 27 heavy (non-hydrogen) atoms. The Labute approximate surface area is 156 Å². The van der Waals surface area contributed by atoms with E-state index in [0.717, 1.165) is 17.1 Å². The van der Waals surface area contributed by atoms with Crippen LogP contribution in [-0.4, -0.2) is 26.4 Å². The van der Waals surface area contributed by atoms with Crippen molar-refractivity contribution in [1.82, 2.24) is 19.3 Å². The van der Waals surface area contributed by atoms with E-state index < -0.39 is 0 Å². The SMILES string of the molecule is CCc1nc2c(cnn2-c2ccc(C)cc2)c(=O)n1-c1ccc(OC)cc1. The maximum Gasteiger partial charge on any atom is 0.269 e. The van der Waals surface area contributed by atoms with Gasteiger partial charge in [0, 0.05) is 6.42 Å². The fraction of sp³-hybridized carbons (Fsp3) is 0.190. The lowest BCUT2D eigenvalue weighted by molar-refractivity contribution is 0.414. The van der Waals surface area contributed by atoms with Gasteiger partial charge in [-0.3, -0.25) is 9.36 Å². The minimum atomic E-state index is -0.125. The lowest BCUT2D eigenvalue weighted by Gasteiger charge is -2.12. The minimum Gasteiger partial charge on any atom is -0.497 e. The van der Waals surface area contributed by atoms with E-state index in [-0.39, 0.29) is 5.56 Å². The topological polar surface area (TPSA) is 61.9 Å². The van der Waals surface area contributed by atoms with Gasteiger partial charge in [0.25, 0.3) is 5.56 Å². The normalized spacial score (nSPS) is 11.1. The average molecular weight is 360 g/mol. The first-order valence-electron chi connectivity index (χ1n) is 8.83. The van der Waals surface area contributed by atoms with Crippen molar-refractivity contribution in [2.24, 2.45) is 0 Å². The number of aryl methyl sites for hydroxylation is 2. The summed E-state index contributed by atoms with van der Waals surface area (Å²) in [6, 6.07) is 15.4. The molecule has 0 bridgehead atoms. The average Bonchev–Trinajstić information content (AvgIpc) is 3.13. The Morgan fingerprint density at radius 1 is 1.00 bits per heavy atom. The summed E-state index contributed by atoms with van der Waals surface area (Å²) in [5.41, 5.74) is 3.26. The summed E-state index contributed by atoms with van der Waals surface area (Å²) in [4.78, 5) is 18.0. The van der Waals surface area contributed by atoms with Gasteiger partial charge in [0.1, 0.15) is 17.0 Å². The smallest absolute Gasteiger partial charge is 0.269 e. The molecule has 0 aliphatic carbocycles. The minimum absolute atomic E-state index is 0.125. The number of benzene rings is 2. The van der Waals surface area contributed by atoms with Gasteiger partial charge in [-0.05, 0) is 43.3 Å². The van der Waals surface area contributed by atoms with Gasteiger partial charge in [0.15, 0.2) is 5.65 Å². The molecule has 0 radical (unpaired) electrons. The van der Waals surface area contributed by atoms with E-state index in [1.807, 2.05) is 62.4 Å². The zero-order valence-corrected chi connectivity index (χ0v) is 15.5. The highest BCUT2D eigenvalue weighted by atomic mass is 16.5. The van der Waals surface area contributed by atoms with E-state index in [1.54, 1.807) is 22.6 Å². The van der Waals surface area contributed by atoms with Crippen LogP contribution in [0.25, 0.3) is 22.4 Å². The number of ether oxygens (including phenoxy) is 1. The van der Waals surface area contributed by atoms with Crippen LogP contribution in [0.2, 0.25) is 0 Å². The summed E-state index contributed by atoms with van der Waals surface area (Å²) >= 11 is 0. The van der Waals surface area contributed by atoms with Gasteiger partial charge in [-0.25, -0.2) is 9.67 Å².